The molecule has 5 rings (SSSR count). The Balaban J connectivity index is 1.45. The SMILES string of the molecule is Clc1ccc(-c2nnc([C@@H](c3ccccc3)N3CC=C(c4ccccc4)CC3)o2)cc1. The van der Waals surface area contributed by atoms with Crippen LogP contribution in [-0.4, -0.2) is 28.2 Å². The molecule has 0 unspecified atom stereocenters. The van der Waals surface area contributed by atoms with Crippen molar-refractivity contribution in [1.29, 1.82) is 0 Å². The van der Waals surface area contributed by atoms with E-state index in [2.05, 4.69) is 63.6 Å². The third-order valence-corrected chi connectivity index (χ3v) is 5.88. The molecule has 4 nitrogen and oxygen atoms in total. The maximum atomic E-state index is 6.16. The van der Waals surface area contributed by atoms with Crippen molar-refractivity contribution in [2.45, 2.75) is 12.5 Å². The minimum absolute atomic E-state index is 0.0941. The molecule has 0 saturated carbocycles. The fraction of sp³-hybridized carbons (Fsp3) is 0.154. The summed E-state index contributed by atoms with van der Waals surface area (Å²) in [6, 6.07) is 28.3. The van der Waals surface area contributed by atoms with E-state index < -0.39 is 0 Å². The Hall–Kier alpha value is -3.21. The van der Waals surface area contributed by atoms with Gasteiger partial charge in [-0.25, -0.2) is 0 Å². The lowest BCUT2D eigenvalue weighted by molar-refractivity contribution is 0.218. The Morgan fingerprint density at radius 2 is 1.52 bits per heavy atom. The predicted molar refractivity (Wildman–Crippen MR) is 124 cm³/mol. The predicted octanol–water partition coefficient (Wildman–Crippen LogP) is 6.27. The summed E-state index contributed by atoms with van der Waals surface area (Å²) in [7, 11) is 0. The van der Waals surface area contributed by atoms with Crippen LogP contribution in [-0.2, 0) is 0 Å². The average Bonchev–Trinajstić information content (AvgIpc) is 3.31. The van der Waals surface area contributed by atoms with E-state index in [-0.39, 0.29) is 6.04 Å². The van der Waals surface area contributed by atoms with Gasteiger partial charge in [0.2, 0.25) is 11.8 Å². The minimum Gasteiger partial charge on any atom is -0.419 e. The number of aromatic nitrogens is 2. The van der Waals surface area contributed by atoms with Crippen molar-refractivity contribution in [3.8, 4) is 11.5 Å². The molecule has 0 saturated heterocycles. The molecule has 0 radical (unpaired) electrons. The number of nitrogens with zero attached hydrogens (tertiary/aromatic N) is 3. The summed E-state index contributed by atoms with van der Waals surface area (Å²) in [6.45, 7) is 1.74. The molecule has 1 atom stereocenters. The van der Waals surface area contributed by atoms with E-state index in [0.29, 0.717) is 16.8 Å². The van der Waals surface area contributed by atoms with Gasteiger partial charge in [-0.2, -0.15) is 0 Å². The standard InChI is InChI=1S/C26H22ClN3O/c27-23-13-11-22(12-14-23)25-28-29-26(31-25)24(21-9-5-2-6-10-21)30-17-15-20(16-18-30)19-7-3-1-4-8-19/h1-15,24H,16-18H2/t24-/m1/s1. The van der Waals surface area contributed by atoms with Crippen LogP contribution < -0.4 is 0 Å². The Kier molecular flexibility index (Phi) is 5.65. The molecule has 1 aromatic heterocycles. The van der Waals surface area contributed by atoms with Gasteiger partial charge in [-0.1, -0.05) is 78.3 Å². The van der Waals surface area contributed by atoms with Crippen LogP contribution in [0.25, 0.3) is 17.0 Å². The van der Waals surface area contributed by atoms with Gasteiger partial charge in [0.15, 0.2) is 0 Å². The van der Waals surface area contributed by atoms with Crippen molar-refractivity contribution >= 4 is 17.2 Å². The third kappa shape index (κ3) is 4.31. The number of rotatable bonds is 5. The summed E-state index contributed by atoms with van der Waals surface area (Å²) in [5.74, 6) is 1.11. The fourth-order valence-electron chi connectivity index (χ4n) is 4.03. The summed E-state index contributed by atoms with van der Waals surface area (Å²) < 4.78 is 6.16. The molecule has 1 aliphatic rings. The van der Waals surface area contributed by atoms with Gasteiger partial charge in [-0.05, 0) is 47.4 Å². The van der Waals surface area contributed by atoms with Gasteiger partial charge in [-0.3, -0.25) is 4.90 Å². The maximum absolute atomic E-state index is 6.16. The molecule has 0 spiro atoms. The topological polar surface area (TPSA) is 42.2 Å². The molecular formula is C26H22ClN3O. The summed E-state index contributed by atoms with van der Waals surface area (Å²) in [5.41, 5.74) is 4.68. The third-order valence-electron chi connectivity index (χ3n) is 5.63. The molecule has 31 heavy (non-hydrogen) atoms. The van der Waals surface area contributed by atoms with Gasteiger partial charge < -0.3 is 4.42 Å². The van der Waals surface area contributed by atoms with Gasteiger partial charge >= 0.3 is 0 Å². The normalized spacial score (nSPS) is 15.5. The van der Waals surface area contributed by atoms with Crippen LogP contribution in [0, 0.1) is 0 Å². The van der Waals surface area contributed by atoms with Gasteiger partial charge in [0, 0.05) is 23.7 Å². The minimum atomic E-state index is -0.0941. The largest absolute Gasteiger partial charge is 0.419 e. The number of hydrogen-bond donors (Lipinski definition) is 0. The molecule has 3 aromatic carbocycles. The van der Waals surface area contributed by atoms with Crippen molar-refractivity contribution in [1.82, 2.24) is 15.1 Å². The first-order valence-electron chi connectivity index (χ1n) is 10.4. The highest BCUT2D eigenvalue weighted by molar-refractivity contribution is 6.30. The van der Waals surface area contributed by atoms with E-state index in [1.165, 1.54) is 11.1 Å². The molecule has 1 aliphatic heterocycles. The Morgan fingerprint density at radius 1 is 0.806 bits per heavy atom. The van der Waals surface area contributed by atoms with Gasteiger partial charge in [-0.15, -0.1) is 10.2 Å². The number of halogens is 1. The lowest BCUT2D eigenvalue weighted by Gasteiger charge is -2.32. The van der Waals surface area contributed by atoms with E-state index in [1.54, 1.807) is 0 Å². The zero-order valence-corrected chi connectivity index (χ0v) is 17.7. The number of hydrogen-bond acceptors (Lipinski definition) is 4. The highest BCUT2D eigenvalue weighted by Gasteiger charge is 2.29. The molecule has 0 fully saturated rings. The monoisotopic (exact) mass is 427 g/mol. The van der Waals surface area contributed by atoms with E-state index >= 15 is 0 Å². The molecule has 0 amide bonds. The van der Waals surface area contributed by atoms with Gasteiger partial charge in [0.25, 0.3) is 0 Å². The summed E-state index contributed by atoms with van der Waals surface area (Å²) >= 11 is 6.01. The highest BCUT2D eigenvalue weighted by atomic mass is 35.5. The van der Waals surface area contributed by atoms with Gasteiger partial charge in [0.05, 0.1) is 0 Å². The molecule has 0 bridgehead atoms. The van der Waals surface area contributed by atoms with E-state index in [0.717, 1.165) is 30.6 Å². The van der Waals surface area contributed by atoms with E-state index in [9.17, 15) is 0 Å². The smallest absolute Gasteiger partial charge is 0.247 e. The zero-order chi connectivity index (χ0) is 21.0. The highest BCUT2D eigenvalue weighted by Crippen LogP contribution is 2.33. The van der Waals surface area contributed by atoms with Crippen LogP contribution in [0.1, 0.15) is 29.5 Å². The van der Waals surface area contributed by atoms with Crippen LogP contribution in [0.2, 0.25) is 5.02 Å². The maximum Gasteiger partial charge on any atom is 0.247 e. The average molecular weight is 428 g/mol. The van der Waals surface area contributed by atoms with Crippen molar-refractivity contribution in [2.75, 3.05) is 13.1 Å². The molecule has 5 heteroatoms. The molecule has 0 aliphatic carbocycles. The summed E-state index contributed by atoms with van der Waals surface area (Å²) in [5, 5.41) is 9.43. The first kappa shape index (κ1) is 19.7. The molecule has 4 aromatic rings. The van der Waals surface area contributed by atoms with Crippen LogP contribution in [0.15, 0.2) is 95.4 Å². The molecule has 154 valence electrons. The van der Waals surface area contributed by atoms with E-state index in [1.807, 2.05) is 42.5 Å². The van der Waals surface area contributed by atoms with Crippen LogP contribution in [0.5, 0.6) is 0 Å². The lowest BCUT2D eigenvalue weighted by atomic mass is 9.97. The van der Waals surface area contributed by atoms with Crippen LogP contribution in [0.3, 0.4) is 0 Å². The Morgan fingerprint density at radius 3 is 2.19 bits per heavy atom. The Labute approximate surface area is 186 Å². The quantitative estimate of drug-likeness (QED) is 0.376. The molecule has 2 heterocycles. The zero-order valence-electron chi connectivity index (χ0n) is 17.0. The summed E-state index contributed by atoms with van der Waals surface area (Å²) in [6.07, 6.45) is 3.29. The Bertz CT molecular complexity index is 1170. The van der Waals surface area contributed by atoms with Crippen molar-refractivity contribution in [2.24, 2.45) is 0 Å². The van der Waals surface area contributed by atoms with Crippen molar-refractivity contribution < 1.29 is 4.42 Å². The first-order chi connectivity index (χ1) is 15.3. The van der Waals surface area contributed by atoms with E-state index in [4.69, 9.17) is 16.0 Å². The second-order valence-electron chi connectivity index (χ2n) is 7.61. The number of benzene rings is 3. The lowest BCUT2D eigenvalue weighted by Crippen LogP contribution is -2.33. The second kappa shape index (κ2) is 8.88. The fourth-order valence-corrected chi connectivity index (χ4v) is 4.16. The van der Waals surface area contributed by atoms with Crippen molar-refractivity contribution in [3.63, 3.8) is 0 Å². The van der Waals surface area contributed by atoms with Crippen LogP contribution >= 0.6 is 11.6 Å². The van der Waals surface area contributed by atoms with Crippen molar-refractivity contribution in [3.05, 3.63) is 113 Å². The summed E-state index contributed by atoms with van der Waals surface area (Å²) in [4.78, 5) is 2.39. The molecule has 0 N–H and O–H groups in total. The molecular weight excluding hydrogens is 406 g/mol. The van der Waals surface area contributed by atoms with Gasteiger partial charge in [0.1, 0.15) is 6.04 Å². The second-order valence-corrected chi connectivity index (χ2v) is 8.04. The first-order valence-corrected chi connectivity index (χ1v) is 10.8. The van der Waals surface area contributed by atoms with Crippen LogP contribution in [0.4, 0.5) is 0 Å².